The summed E-state index contributed by atoms with van der Waals surface area (Å²) in [5.74, 6) is 1.72. The van der Waals surface area contributed by atoms with Gasteiger partial charge in [0.15, 0.2) is 0 Å². The molecule has 1 N–H and O–H groups in total. The zero-order chi connectivity index (χ0) is 12.6. The molecule has 6 heteroatoms. The lowest BCUT2D eigenvalue weighted by Crippen LogP contribution is -2.39. The van der Waals surface area contributed by atoms with Crippen molar-refractivity contribution in [3.63, 3.8) is 0 Å². The Balaban J connectivity index is 1.80. The maximum atomic E-state index is 11.5. The van der Waals surface area contributed by atoms with Crippen molar-refractivity contribution < 1.29 is 23.2 Å². The fraction of sp³-hybridized carbons (Fsp3) is 1.00. The fourth-order valence-corrected chi connectivity index (χ4v) is 3.82. The highest BCUT2D eigenvalue weighted by atomic mass is 31.2. The average molecular weight is 264 g/mol. The fourth-order valence-electron chi connectivity index (χ4n) is 2.89. The van der Waals surface area contributed by atoms with E-state index in [0.717, 1.165) is 6.61 Å². The molecule has 5 atom stereocenters. The first kappa shape index (κ1) is 13.5. The van der Waals surface area contributed by atoms with Crippen LogP contribution in [0.25, 0.3) is 0 Å². The molecule has 1 saturated heterocycles. The second kappa shape index (κ2) is 4.98. The summed E-state index contributed by atoms with van der Waals surface area (Å²) in [7, 11) is -3.92. The van der Waals surface area contributed by atoms with Crippen molar-refractivity contribution in [2.75, 3.05) is 13.2 Å². The van der Waals surface area contributed by atoms with Gasteiger partial charge in [-0.3, -0.25) is 9.05 Å². The van der Waals surface area contributed by atoms with E-state index in [1.54, 1.807) is 13.8 Å². The molecule has 0 bridgehead atoms. The predicted octanol–water partition coefficient (Wildman–Crippen LogP) is 2.20. The van der Waals surface area contributed by atoms with Crippen molar-refractivity contribution in [2.24, 2.45) is 17.8 Å². The van der Waals surface area contributed by atoms with Crippen LogP contribution in [0.1, 0.15) is 27.2 Å². The van der Waals surface area contributed by atoms with Gasteiger partial charge in [-0.1, -0.05) is 6.92 Å². The van der Waals surface area contributed by atoms with Gasteiger partial charge in [0.1, 0.15) is 0 Å². The van der Waals surface area contributed by atoms with Crippen LogP contribution in [0.15, 0.2) is 0 Å². The standard InChI is InChI=1S/C11H21O5P/c1-7(2)16-17(12,13)15-6-10-11-8(3)4-9(11)5-14-10/h7-11H,4-6H2,1-3H3,(H,12,13)/t8-,9-,10+,11?/m0/s1. The third kappa shape index (κ3) is 3.09. The first-order valence-electron chi connectivity index (χ1n) is 6.16. The van der Waals surface area contributed by atoms with Gasteiger partial charge in [-0.15, -0.1) is 0 Å². The largest absolute Gasteiger partial charge is 0.472 e. The Hall–Kier alpha value is 0.0700. The van der Waals surface area contributed by atoms with Gasteiger partial charge in [0, 0.05) is 0 Å². The highest BCUT2D eigenvalue weighted by molar-refractivity contribution is 7.47. The van der Waals surface area contributed by atoms with Crippen LogP contribution in [0, 0.1) is 17.8 Å². The minimum Gasteiger partial charge on any atom is -0.375 e. The Morgan fingerprint density at radius 2 is 2.24 bits per heavy atom. The van der Waals surface area contributed by atoms with Gasteiger partial charge >= 0.3 is 7.82 Å². The Kier molecular flexibility index (Phi) is 3.96. The lowest BCUT2D eigenvalue weighted by atomic mass is 9.65. The lowest BCUT2D eigenvalue weighted by molar-refractivity contribution is 0.00996. The normalized spacial score (nSPS) is 39.8. The third-order valence-electron chi connectivity index (χ3n) is 3.58. The van der Waals surface area contributed by atoms with Gasteiger partial charge in [-0.05, 0) is 38.0 Å². The minimum absolute atomic E-state index is 0.0556. The number of rotatable bonds is 5. The lowest BCUT2D eigenvalue weighted by Gasteiger charge is -2.39. The number of phosphoric acid groups is 1. The van der Waals surface area contributed by atoms with E-state index >= 15 is 0 Å². The van der Waals surface area contributed by atoms with Crippen LogP contribution in [-0.2, 0) is 18.3 Å². The maximum absolute atomic E-state index is 11.5. The predicted molar refractivity (Wildman–Crippen MR) is 62.5 cm³/mol. The molecular weight excluding hydrogens is 243 g/mol. The summed E-state index contributed by atoms with van der Waals surface area (Å²) >= 11 is 0. The molecule has 2 fully saturated rings. The van der Waals surface area contributed by atoms with E-state index in [1.807, 2.05) is 0 Å². The van der Waals surface area contributed by atoms with Crippen molar-refractivity contribution in [3.8, 4) is 0 Å². The molecule has 100 valence electrons. The molecule has 1 aliphatic heterocycles. The van der Waals surface area contributed by atoms with Crippen molar-refractivity contribution >= 4 is 7.82 Å². The summed E-state index contributed by atoms with van der Waals surface area (Å²) in [5.41, 5.74) is 0. The number of phosphoric ester groups is 1. The molecule has 5 nitrogen and oxygen atoms in total. The zero-order valence-corrected chi connectivity index (χ0v) is 11.4. The summed E-state index contributed by atoms with van der Waals surface area (Å²) < 4.78 is 26.9. The summed E-state index contributed by atoms with van der Waals surface area (Å²) in [6.45, 7) is 6.48. The quantitative estimate of drug-likeness (QED) is 0.771. The SMILES string of the molecule is CC(C)OP(=O)(O)OC[C@H]1OC[C@@H]2C[C@H](C)C21. The van der Waals surface area contributed by atoms with Crippen LogP contribution in [-0.4, -0.2) is 30.3 Å². The van der Waals surface area contributed by atoms with Crippen molar-refractivity contribution in [2.45, 2.75) is 39.4 Å². The summed E-state index contributed by atoms with van der Waals surface area (Å²) in [6, 6.07) is 0. The molecule has 1 heterocycles. The van der Waals surface area contributed by atoms with Crippen LogP contribution >= 0.6 is 7.82 Å². The zero-order valence-electron chi connectivity index (χ0n) is 10.5. The molecule has 0 radical (unpaired) electrons. The molecule has 0 amide bonds. The highest BCUT2D eigenvalue weighted by Gasteiger charge is 2.49. The van der Waals surface area contributed by atoms with Crippen LogP contribution < -0.4 is 0 Å². The van der Waals surface area contributed by atoms with Crippen molar-refractivity contribution in [1.82, 2.24) is 0 Å². The first-order valence-corrected chi connectivity index (χ1v) is 7.66. The number of hydrogen-bond donors (Lipinski definition) is 1. The first-order chi connectivity index (χ1) is 7.89. The molecular formula is C11H21O5P. The second-order valence-electron chi connectivity index (χ2n) is 5.34. The van der Waals surface area contributed by atoms with Gasteiger partial charge in [0.25, 0.3) is 0 Å². The van der Waals surface area contributed by atoms with Crippen LogP contribution in [0.3, 0.4) is 0 Å². The highest BCUT2D eigenvalue weighted by Crippen LogP contribution is 2.50. The molecule has 1 saturated carbocycles. The molecule has 0 spiro atoms. The van der Waals surface area contributed by atoms with Crippen LogP contribution in [0.5, 0.6) is 0 Å². The smallest absolute Gasteiger partial charge is 0.375 e. The topological polar surface area (TPSA) is 65.0 Å². The molecule has 1 aliphatic carbocycles. The summed E-state index contributed by atoms with van der Waals surface area (Å²) in [4.78, 5) is 9.44. The number of fused-ring (bicyclic) bond motifs is 1. The Labute approximate surface area is 102 Å². The molecule has 0 aromatic carbocycles. The van der Waals surface area contributed by atoms with Gasteiger partial charge in [0.2, 0.25) is 0 Å². The number of hydrogen-bond acceptors (Lipinski definition) is 4. The average Bonchev–Trinajstić information content (AvgIpc) is 2.49. The monoisotopic (exact) mass is 264 g/mol. The molecule has 2 unspecified atom stereocenters. The van der Waals surface area contributed by atoms with E-state index in [2.05, 4.69) is 6.92 Å². The van der Waals surface area contributed by atoms with E-state index in [4.69, 9.17) is 13.8 Å². The molecule has 0 aromatic heterocycles. The van der Waals surface area contributed by atoms with Gasteiger partial charge in [0.05, 0.1) is 25.4 Å². The van der Waals surface area contributed by atoms with Gasteiger partial charge < -0.3 is 9.63 Å². The second-order valence-corrected chi connectivity index (χ2v) is 6.75. The van der Waals surface area contributed by atoms with Gasteiger partial charge in [-0.2, -0.15) is 0 Å². The van der Waals surface area contributed by atoms with E-state index in [0.29, 0.717) is 17.8 Å². The number of ether oxygens (including phenoxy) is 1. The van der Waals surface area contributed by atoms with Gasteiger partial charge in [-0.25, -0.2) is 4.57 Å². The maximum Gasteiger partial charge on any atom is 0.472 e. The summed E-state index contributed by atoms with van der Waals surface area (Å²) in [5, 5.41) is 0. The van der Waals surface area contributed by atoms with E-state index in [1.165, 1.54) is 6.42 Å². The van der Waals surface area contributed by atoms with E-state index in [9.17, 15) is 9.46 Å². The minimum atomic E-state index is -3.92. The molecule has 2 aliphatic rings. The Bertz CT molecular complexity index is 319. The third-order valence-corrected chi connectivity index (χ3v) is 4.74. The van der Waals surface area contributed by atoms with Crippen LogP contribution in [0.4, 0.5) is 0 Å². The molecule has 17 heavy (non-hydrogen) atoms. The van der Waals surface area contributed by atoms with E-state index < -0.39 is 7.82 Å². The van der Waals surface area contributed by atoms with Crippen LogP contribution in [0.2, 0.25) is 0 Å². The molecule has 0 aromatic rings. The summed E-state index contributed by atoms with van der Waals surface area (Å²) in [6.07, 6.45) is 0.811. The van der Waals surface area contributed by atoms with E-state index in [-0.39, 0.29) is 18.8 Å². The van der Waals surface area contributed by atoms with Crippen molar-refractivity contribution in [1.29, 1.82) is 0 Å². The Morgan fingerprint density at radius 1 is 1.53 bits per heavy atom. The Morgan fingerprint density at radius 3 is 2.82 bits per heavy atom. The molecule has 2 rings (SSSR count). The van der Waals surface area contributed by atoms with Crippen molar-refractivity contribution in [3.05, 3.63) is 0 Å².